The molecule has 38 heavy (non-hydrogen) atoms. The molecule has 0 radical (unpaired) electrons. The van der Waals surface area contributed by atoms with Crippen molar-refractivity contribution in [3.63, 3.8) is 0 Å². The van der Waals surface area contributed by atoms with Crippen molar-refractivity contribution in [2.45, 2.75) is 39.2 Å². The summed E-state index contributed by atoms with van der Waals surface area (Å²) in [5.41, 5.74) is 2.71. The third kappa shape index (κ3) is 6.16. The van der Waals surface area contributed by atoms with Gasteiger partial charge in [-0.15, -0.1) is 0 Å². The molecule has 0 aromatic heterocycles. The average molecular weight is 520 g/mol. The van der Waals surface area contributed by atoms with Crippen molar-refractivity contribution in [1.29, 1.82) is 0 Å². The van der Waals surface area contributed by atoms with Crippen molar-refractivity contribution in [3.05, 3.63) is 87.1 Å². The molecule has 1 fully saturated rings. The van der Waals surface area contributed by atoms with E-state index in [0.29, 0.717) is 17.0 Å². The van der Waals surface area contributed by atoms with Gasteiger partial charge in [-0.1, -0.05) is 42.5 Å². The number of hydrogen-bond acceptors (Lipinski definition) is 8. The second-order valence-corrected chi connectivity index (χ2v) is 9.91. The molecule has 3 unspecified atom stereocenters. The fourth-order valence-electron chi connectivity index (χ4n) is 5.47. The minimum atomic E-state index is -0.899. The lowest BCUT2D eigenvalue weighted by Gasteiger charge is -2.33. The summed E-state index contributed by atoms with van der Waals surface area (Å²) in [6.45, 7) is 6.29. The van der Waals surface area contributed by atoms with Gasteiger partial charge in [0.2, 0.25) is 0 Å². The molecule has 2 aromatic rings. The summed E-state index contributed by atoms with van der Waals surface area (Å²) in [5, 5.41) is 11.5. The topological polar surface area (TPSA) is 111 Å². The highest BCUT2D eigenvalue weighted by Gasteiger charge is 2.42. The predicted octanol–water partition coefficient (Wildman–Crippen LogP) is 4.67. The number of nitrogens with zero attached hydrogens (tertiary/aromatic N) is 3. The number of non-ortho nitro benzene ring substituents is 1. The molecule has 0 aliphatic carbocycles. The second-order valence-electron chi connectivity index (χ2n) is 9.91. The van der Waals surface area contributed by atoms with Gasteiger partial charge in [0.25, 0.3) is 5.69 Å². The van der Waals surface area contributed by atoms with E-state index in [4.69, 9.17) is 9.47 Å². The SMILES string of the molecule is COC(=O)C1C(C)=NC(C)=C(C(=O)OCC2CCCN(Cc3ccccc3)C2)C1c1cccc([N+](=O)[O-])c1. The maximum absolute atomic E-state index is 13.5. The molecule has 9 heteroatoms. The minimum Gasteiger partial charge on any atom is -0.468 e. The van der Waals surface area contributed by atoms with Crippen LogP contribution < -0.4 is 0 Å². The fourth-order valence-corrected chi connectivity index (χ4v) is 5.47. The molecule has 2 aliphatic heterocycles. The summed E-state index contributed by atoms with van der Waals surface area (Å²) in [7, 11) is 1.27. The van der Waals surface area contributed by atoms with Crippen LogP contribution in [0.4, 0.5) is 5.69 Å². The molecular formula is C29H33N3O6. The molecule has 0 saturated carbocycles. The lowest BCUT2D eigenvalue weighted by atomic mass is 9.75. The highest BCUT2D eigenvalue weighted by atomic mass is 16.6. The van der Waals surface area contributed by atoms with Gasteiger partial charge in [-0.05, 0) is 44.4 Å². The van der Waals surface area contributed by atoms with Gasteiger partial charge in [0.05, 0.1) is 24.2 Å². The minimum absolute atomic E-state index is 0.127. The van der Waals surface area contributed by atoms with Crippen molar-refractivity contribution >= 4 is 23.3 Å². The van der Waals surface area contributed by atoms with Crippen molar-refractivity contribution < 1.29 is 24.0 Å². The smallest absolute Gasteiger partial charge is 0.336 e. The average Bonchev–Trinajstić information content (AvgIpc) is 2.91. The highest BCUT2D eigenvalue weighted by molar-refractivity contribution is 6.07. The van der Waals surface area contributed by atoms with Crippen LogP contribution in [0.2, 0.25) is 0 Å². The van der Waals surface area contributed by atoms with Crippen molar-refractivity contribution in [1.82, 2.24) is 4.90 Å². The van der Waals surface area contributed by atoms with E-state index in [1.807, 2.05) is 18.2 Å². The number of aliphatic imine (C=N–C) groups is 1. The summed E-state index contributed by atoms with van der Waals surface area (Å²) in [5.74, 6) is -2.66. The number of carbonyl (C=O) groups excluding carboxylic acids is 2. The Kier molecular flexibility index (Phi) is 8.68. The fraction of sp³-hybridized carbons (Fsp3) is 0.414. The van der Waals surface area contributed by atoms with Crippen molar-refractivity contribution in [2.75, 3.05) is 26.8 Å². The van der Waals surface area contributed by atoms with Gasteiger partial charge in [0.15, 0.2) is 0 Å². The number of piperidine rings is 1. The Morgan fingerprint density at radius 2 is 1.89 bits per heavy atom. The van der Waals surface area contributed by atoms with E-state index in [2.05, 4.69) is 22.0 Å². The number of carbonyl (C=O) groups is 2. The van der Waals surface area contributed by atoms with E-state index in [-0.39, 0.29) is 23.8 Å². The van der Waals surface area contributed by atoms with Gasteiger partial charge in [-0.25, -0.2) is 4.79 Å². The zero-order valence-electron chi connectivity index (χ0n) is 22.0. The molecule has 4 rings (SSSR count). The van der Waals surface area contributed by atoms with Crippen LogP contribution in [0, 0.1) is 22.0 Å². The van der Waals surface area contributed by atoms with Crippen LogP contribution in [-0.2, 0) is 25.6 Å². The van der Waals surface area contributed by atoms with Gasteiger partial charge < -0.3 is 9.47 Å². The van der Waals surface area contributed by atoms with E-state index >= 15 is 0 Å². The Bertz CT molecular complexity index is 1260. The molecule has 200 valence electrons. The molecule has 9 nitrogen and oxygen atoms in total. The molecule has 0 amide bonds. The number of allylic oxidation sites excluding steroid dienone is 1. The van der Waals surface area contributed by atoms with Gasteiger partial charge in [-0.2, -0.15) is 0 Å². The Balaban J connectivity index is 1.54. The van der Waals surface area contributed by atoms with E-state index in [1.54, 1.807) is 26.0 Å². The van der Waals surface area contributed by atoms with E-state index < -0.39 is 28.7 Å². The zero-order valence-corrected chi connectivity index (χ0v) is 22.0. The van der Waals surface area contributed by atoms with Crippen LogP contribution in [-0.4, -0.2) is 54.3 Å². The van der Waals surface area contributed by atoms with Gasteiger partial charge >= 0.3 is 11.9 Å². The molecular weight excluding hydrogens is 486 g/mol. The Labute approximate surface area is 222 Å². The van der Waals surface area contributed by atoms with E-state index in [1.165, 1.54) is 24.8 Å². The number of nitro groups is 1. The Hall–Kier alpha value is -3.85. The maximum Gasteiger partial charge on any atom is 0.336 e. The van der Waals surface area contributed by atoms with Crippen LogP contribution in [0.25, 0.3) is 0 Å². The summed E-state index contributed by atoms with van der Waals surface area (Å²) in [4.78, 5) is 44.2. The highest BCUT2D eigenvalue weighted by Crippen LogP contribution is 2.41. The van der Waals surface area contributed by atoms with Crippen LogP contribution in [0.15, 0.2) is 70.9 Å². The Morgan fingerprint density at radius 1 is 1.13 bits per heavy atom. The van der Waals surface area contributed by atoms with Crippen LogP contribution >= 0.6 is 0 Å². The predicted molar refractivity (Wildman–Crippen MR) is 143 cm³/mol. The lowest BCUT2D eigenvalue weighted by Crippen LogP contribution is -2.38. The first-order chi connectivity index (χ1) is 18.3. The number of benzene rings is 2. The monoisotopic (exact) mass is 519 g/mol. The summed E-state index contributed by atoms with van der Waals surface area (Å²) in [6.07, 6.45) is 1.97. The first-order valence-electron chi connectivity index (χ1n) is 12.8. The normalized spacial score (nSPS) is 22.0. The number of methoxy groups -OCH3 is 1. The summed E-state index contributed by atoms with van der Waals surface area (Å²) in [6, 6.07) is 16.3. The van der Waals surface area contributed by atoms with Crippen LogP contribution in [0.3, 0.4) is 0 Å². The maximum atomic E-state index is 13.5. The molecule has 2 heterocycles. The number of nitro benzene ring substituents is 1. The number of hydrogen-bond donors (Lipinski definition) is 0. The molecule has 0 bridgehead atoms. The molecule has 3 atom stereocenters. The molecule has 2 aliphatic rings. The van der Waals surface area contributed by atoms with Gasteiger partial charge in [0.1, 0.15) is 5.92 Å². The lowest BCUT2D eigenvalue weighted by molar-refractivity contribution is -0.384. The quantitative estimate of drug-likeness (QED) is 0.283. The molecule has 0 spiro atoms. The van der Waals surface area contributed by atoms with Crippen LogP contribution in [0.1, 0.15) is 43.7 Å². The third-order valence-corrected chi connectivity index (χ3v) is 7.25. The largest absolute Gasteiger partial charge is 0.468 e. The van der Waals surface area contributed by atoms with Crippen molar-refractivity contribution in [2.24, 2.45) is 16.8 Å². The summed E-state index contributed by atoms with van der Waals surface area (Å²) < 4.78 is 10.9. The first kappa shape index (κ1) is 27.2. The van der Waals surface area contributed by atoms with Gasteiger partial charge in [-0.3, -0.25) is 24.8 Å². The number of esters is 2. The first-order valence-corrected chi connectivity index (χ1v) is 12.8. The molecule has 1 saturated heterocycles. The molecule has 0 N–H and O–H groups in total. The summed E-state index contributed by atoms with van der Waals surface area (Å²) >= 11 is 0. The van der Waals surface area contributed by atoms with E-state index in [0.717, 1.165) is 32.5 Å². The van der Waals surface area contributed by atoms with Crippen LogP contribution in [0.5, 0.6) is 0 Å². The van der Waals surface area contributed by atoms with Crippen molar-refractivity contribution in [3.8, 4) is 0 Å². The second kappa shape index (κ2) is 12.1. The number of ether oxygens (including phenoxy) is 2. The molecule has 2 aromatic carbocycles. The number of likely N-dealkylation sites (tertiary alicyclic amines) is 1. The number of rotatable bonds is 8. The third-order valence-electron chi connectivity index (χ3n) is 7.25. The zero-order chi connectivity index (χ0) is 27.2. The Morgan fingerprint density at radius 3 is 2.61 bits per heavy atom. The van der Waals surface area contributed by atoms with Gasteiger partial charge in [0, 0.05) is 48.5 Å². The standard InChI is InChI=1S/C29H33N3O6/c1-19-25(28(33)37-3)27(23-12-7-13-24(15-23)32(35)36)26(20(2)30-19)29(34)38-18-22-11-8-14-31(17-22)16-21-9-5-4-6-10-21/h4-7,9-10,12-13,15,22,25,27H,8,11,14,16-18H2,1-3H3. The van der Waals surface area contributed by atoms with E-state index in [9.17, 15) is 19.7 Å².